The summed E-state index contributed by atoms with van der Waals surface area (Å²) in [6.07, 6.45) is -55.1. The van der Waals surface area contributed by atoms with Crippen molar-refractivity contribution in [3.8, 4) is 0 Å². The molecular weight excluding hydrogens is 1060 g/mol. The van der Waals surface area contributed by atoms with Gasteiger partial charge in [0.05, 0.1) is 19.3 Å². The first-order valence-corrected chi connectivity index (χ1v) is 23.4. The van der Waals surface area contributed by atoms with Gasteiger partial charge in [-0.15, -0.1) is 0 Å². The molecule has 0 amide bonds. The van der Waals surface area contributed by atoms with Gasteiger partial charge in [-0.3, -0.25) is 0 Å². The molecule has 5 heterocycles. The minimum atomic E-state index is -2.84. The SMILES string of the molecule is OCCC1OC(O)C(O)C(O)C(CCO)OC(O)/C(O)=C(\O)C(CCO)OC(O)/C(O)=C(\O)C(CCO)OC(O)/C(O)=C(/O)C(CCO)OC2OC(CO)C(OC3OC(CO)C(OC(O)/C(O)=C\1O)C(O)C3O)C(O)C2O. The van der Waals surface area contributed by atoms with Crippen LogP contribution in [0.3, 0.4) is 0 Å². The molecule has 4 bridgehead atoms. The van der Waals surface area contributed by atoms with Crippen LogP contribution in [-0.2, 0) is 42.6 Å². The second-order valence-electron chi connectivity index (χ2n) is 17.2. The molecule has 0 spiro atoms. The zero-order chi connectivity index (χ0) is 58.2. The Hall–Kier alpha value is -3.72. The number of fused-ring (bicyclic) bond motifs is 2. The van der Waals surface area contributed by atoms with Crippen LogP contribution in [0, 0.1) is 0 Å². The van der Waals surface area contributed by atoms with Crippen molar-refractivity contribution in [2.45, 2.75) is 168 Å². The topological polar surface area (TPSA) is 609 Å². The van der Waals surface area contributed by atoms with E-state index in [1.54, 1.807) is 0 Å². The number of rotatable bonds is 12. The maximum Gasteiger partial charge on any atom is 0.218 e. The minimum Gasteiger partial charge on any atom is -0.506 e. The first kappa shape index (κ1) is 67.6. The molecule has 0 saturated carbocycles. The molecule has 35 heteroatoms. The second kappa shape index (κ2) is 31.9. The van der Waals surface area contributed by atoms with Crippen LogP contribution in [0.4, 0.5) is 0 Å². The third kappa shape index (κ3) is 17.4. The Bertz CT molecular complexity index is 1880. The van der Waals surface area contributed by atoms with Gasteiger partial charge >= 0.3 is 0 Å². The van der Waals surface area contributed by atoms with Crippen LogP contribution in [0.1, 0.15) is 32.1 Å². The Balaban J connectivity index is 2.17. The Labute approximate surface area is 435 Å². The van der Waals surface area contributed by atoms with Gasteiger partial charge in [0, 0.05) is 58.7 Å². The lowest BCUT2D eigenvalue weighted by atomic mass is 9.96. The molecule has 2 saturated heterocycles. The molecule has 35 nitrogen and oxygen atoms in total. The highest BCUT2D eigenvalue weighted by Gasteiger charge is 2.53. The van der Waals surface area contributed by atoms with E-state index >= 15 is 0 Å². The van der Waals surface area contributed by atoms with Crippen LogP contribution >= 0.6 is 0 Å². The Morgan fingerprint density at radius 2 is 0.571 bits per heavy atom. The lowest BCUT2D eigenvalue weighted by Gasteiger charge is -2.47. The molecule has 26 N–H and O–H groups in total. The van der Waals surface area contributed by atoms with Crippen LogP contribution in [0.2, 0.25) is 0 Å². The zero-order valence-corrected chi connectivity index (χ0v) is 40.5. The molecule has 2 fully saturated rings. The average Bonchev–Trinajstić information content (AvgIpc) is 3.41. The van der Waals surface area contributed by atoms with Crippen molar-refractivity contribution >= 4 is 0 Å². The molecule has 0 aromatic rings. The first-order valence-electron chi connectivity index (χ1n) is 23.4. The van der Waals surface area contributed by atoms with Gasteiger partial charge < -0.3 is 175 Å². The number of hydrogen-bond donors (Lipinski definition) is 26. The molecule has 22 unspecified atom stereocenters. The molecule has 450 valence electrons. The minimum absolute atomic E-state index is 0.734. The summed E-state index contributed by atoms with van der Waals surface area (Å²) in [6.45, 7) is -7.03. The molecule has 5 rings (SSSR count). The molecule has 0 aromatic heterocycles. The Kier molecular flexibility index (Phi) is 28.0. The van der Waals surface area contributed by atoms with Crippen molar-refractivity contribution < 1.29 is 175 Å². The summed E-state index contributed by atoms with van der Waals surface area (Å²) >= 11 is 0. The van der Waals surface area contributed by atoms with Crippen LogP contribution in [0.25, 0.3) is 0 Å². The first-order chi connectivity index (χ1) is 36.3. The summed E-state index contributed by atoms with van der Waals surface area (Å²) in [5, 5.41) is 275. The van der Waals surface area contributed by atoms with Gasteiger partial charge in [0.2, 0.25) is 25.2 Å². The molecule has 22 atom stereocenters. The molecule has 5 aliphatic heterocycles. The summed E-state index contributed by atoms with van der Waals surface area (Å²) in [5.41, 5.74) is 0. The quantitative estimate of drug-likeness (QED) is 0.0863. The fourth-order valence-electron chi connectivity index (χ4n) is 7.66. The smallest absolute Gasteiger partial charge is 0.218 e. The van der Waals surface area contributed by atoms with Gasteiger partial charge in [-0.25, -0.2) is 0 Å². The fraction of sp³-hybridized carbons (Fsp3) is 0.810. The highest BCUT2D eigenvalue weighted by Crippen LogP contribution is 2.33. The lowest BCUT2D eigenvalue weighted by molar-refractivity contribution is -0.368. The van der Waals surface area contributed by atoms with Gasteiger partial charge in [0.1, 0.15) is 85.5 Å². The summed E-state index contributed by atoms with van der Waals surface area (Å²) in [5.74, 6) is -12.5. The number of aliphatic hydroxyl groups is 26. The molecule has 5 aliphatic rings. The van der Waals surface area contributed by atoms with Gasteiger partial charge in [-0.05, 0) is 6.42 Å². The number of aliphatic hydroxyl groups excluding tert-OH is 26. The third-order valence-corrected chi connectivity index (χ3v) is 11.9. The van der Waals surface area contributed by atoms with E-state index in [2.05, 4.69) is 0 Å². The maximum absolute atomic E-state index is 11.2. The third-order valence-electron chi connectivity index (χ3n) is 11.9. The number of hydrogen-bond acceptors (Lipinski definition) is 35. The van der Waals surface area contributed by atoms with E-state index in [-0.39, 0.29) is 0 Å². The lowest BCUT2D eigenvalue weighted by Crippen LogP contribution is -2.65. The van der Waals surface area contributed by atoms with E-state index in [1.807, 2.05) is 0 Å². The standard InChI is InChI=1S/C42H72O35/c43-6-1-13-20(50)27(57)36(64)70-14(2-7-44)21(51)29(59)38(66)72-16(4-9-46)23(53)31(61)40(68)76-34-18(11-48)75-42(33(63)25(34)55)77-35-19(12-49)74-41(32(62)26(35)56)73-17(5-10-47)24(54)30(60)39(67)71-15(3-8-45)22(52)28(58)37(65)69-13/h13-19,21,25-26,29,32-68H,1-12H2/b27-20+,28-22+,30-24-,31-23-. The molecule has 0 aliphatic carbocycles. The Morgan fingerprint density at radius 1 is 0.260 bits per heavy atom. The zero-order valence-electron chi connectivity index (χ0n) is 40.5. The van der Waals surface area contributed by atoms with Crippen molar-refractivity contribution in [3.05, 3.63) is 46.1 Å². The summed E-state index contributed by atoms with van der Waals surface area (Å²) < 4.78 is 47.5. The van der Waals surface area contributed by atoms with Crippen molar-refractivity contribution in [2.24, 2.45) is 0 Å². The fourth-order valence-corrected chi connectivity index (χ4v) is 7.66. The normalized spacial score (nSPS) is 43.9. The van der Waals surface area contributed by atoms with Crippen molar-refractivity contribution in [1.29, 1.82) is 0 Å². The van der Waals surface area contributed by atoms with Crippen LogP contribution in [0.15, 0.2) is 46.1 Å². The molecule has 0 radical (unpaired) electrons. The highest BCUT2D eigenvalue weighted by atomic mass is 16.8. The van der Waals surface area contributed by atoms with E-state index < -0.39 is 260 Å². The Morgan fingerprint density at radius 3 is 0.935 bits per heavy atom. The monoisotopic (exact) mass is 1140 g/mol. The summed E-state index contributed by atoms with van der Waals surface area (Å²) in [6, 6.07) is 0. The summed E-state index contributed by atoms with van der Waals surface area (Å²) in [7, 11) is 0. The molecule has 77 heavy (non-hydrogen) atoms. The van der Waals surface area contributed by atoms with Crippen molar-refractivity contribution in [1.82, 2.24) is 0 Å². The predicted molar refractivity (Wildman–Crippen MR) is 239 cm³/mol. The second-order valence-corrected chi connectivity index (χ2v) is 17.2. The van der Waals surface area contributed by atoms with E-state index in [9.17, 15) is 133 Å². The van der Waals surface area contributed by atoms with Crippen molar-refractivity contribution in [2.75, 3.05) is 46.2 Å². The summed E-state index contributed by atoms with van der Waals surface area (Å²) in [4.78, 5) is 0. The average molecular weight is 1140 g/mol. The van der Waals surface area contributed by atoms with E-state index in [1.165, 1.54) is 0 Å². The molecule has 0 aromatic carbocycles. The highest BCUT2D eigenvalue weighted by molar-refractivity contribution is 5.13. The van der Waals surface area contributed by atoms with E-state index in [0.717, 1.165) is 0 Å². The van der Waals surface area contributed by atoms with Crippen LogP contribution in [0.5, 0.6) is 0 Å². The predicted octanol–water partition coefficient (Wildman–Crippen LogP) is -8.89. The van der Waals surface area contributed by atoms with Crippen LogP contribution in [-0.4, -0.2) is 315 Å². The van der Waals surface area contributed by atoms with Gasteiger partial charge in [-0.2, -0.15) is 0 Å². The van der Waals surface area contributed by atoms with Gasteiger partial charge in [0.15, 0.2) is 64.9 Å². The molecular formula is C42H72O35. The van der Waals surface area contributed by atoms with E-state index in [4.69, 9.17) is 42.6 Å². The van der Waals surface area contributed by atoms with Gasteiger partial charge in [-0.1, -0.05) is 0 Å². The largest absolute Gasteiger partial charge is 0.506 e. The van der Waals surface area contributed by atoms with Crippen molar-refractivity contribution in [3.63, 3.8) is 0 Å². The van der Waals surface area contributed by atoms with Gasteiger partial charge in [0.25, 0.3) is 0 Å². The van der Waals surface area contributed by atoms with E-state index in [0.29, 0.717) is 0 Å². The maximum atomic E-state index is 11.2. The number of ether oxygens (including phenoxy) is 9. The van der Waals surface area contributed by atoms with Crippen LogP contribution < -0.4 is 0 Å².